The summed E-state index contributed by atoms with van der Waals surface area (Å²) in [6.45, 7) is 3.89. The lowest BCUT2D eigenvalue weighted by atomic mass is 10.0. The molecule has 0 aromatic carbocycles. The van der Waals surface area contributed by atoms with Gasteiger partial charge in [0, 0.05) is 12.6 Å². The van der Waals surface area contributed by atoms with Crippen LogP contribution in [0.2, 0.25) is 0 Å². The molecule has 18 heavy (non-hydrogen) atoms. The molecule has 0 saturated heterocycles. The summed E-state index contributed by atoms with van der Waals surface area (Å²) >= 11 is 0. The van der Waals surface area contributed by atoms with Crippen LogP contribution in [0.3, 0.4) is 0 Å². The molecule has 8 nitrogen and oxygen atoms in total. The van der Waals surface area contributed by atoms with Crippen molar-refractivity contribution in [2.24, 2.45) is 5.92 Å². The van der Waals surface area contributed by atoms with Crippen LogP contribution in [-0.4, -0.2) is 32.6 Å². The van der Waals surface area contributed by atoms with Gasteiger partial charge < -0.3 is 16.2 Å². The zero-order chi connectivity index (χ0) is 13.7. The van der Waals surface area contributed by atoms with E-state index in [1.807, 2.05) is 13.8 Å². The zero-order valence-corrected chi connectivity index (χ0v) is 10.3. The fourth-order valence-electron chi connectivity index (χ4n) is 1.56. The van der Waals surface area contributed by atoms with Crippen LogP contribution < -0.4 is 11.1 Å². The molecular formula is C10H17N5O3. The second-order valence-corrected chi connectivity index (χ2v) is 4.22. The van der Waals surface area contributed by atoms with Crippen LogP contribution >= 0.6 is 0 Å². The monoisotopic (exact) mass is 255 g/mol. The predicted molar refractivity (Wildman–Crippen MR) is 67.1 cm³/mol. The molecule has 0 spiro atoms. The summed E-state index contributed by atoms with van der Waals surface area (Å²) in [4.78, 5) is 17.7. The number of nitro groups is 1. The molecule has 0 amide bonds. The Kier molecular flexibility index (Phi) is 4.78. The van der Waals surface area contributed by atoms with Crippen LogP contribution in [0, 0.1) is 16.0 Å². The van der Waals surface area contributed by atoms with E-state index in [2.05, 4.69) is 15.3 Å². The number of nitrogens with two attached hydrogens (primary N) is 1. The first-order valence-corrected chi connectivity index (χ1v) is 5.59. The fourth-order valence-corrected chi connectivity index (χ4v) is 1.56. The topological polar surface area (TPSA) is 127 Å². The van der Waals surface area contributed by atoms with Crippen LogP contribution in [0.1, 0.15) is 20.3 Å². The minimum atomic E-state index is -0.617. The molecule has 0 aliphatic carbocycles. The number of rotatable bonds is 6. The quantitative estimate of drug-likeness (QED) is 0.506. The van der Waals surface area contributed by atoms with E-state index in [0.29, 0.717) is 6.42 Å². The van der Waals surface area contributed by atoms with Crippen LogP contribution in [-0.2, 0) is 0 Å². The maximum Gasteiger partial charge on any atom is 0.352 e. The Morgan fingerprint density at radius 2 is 2.22 bits per heavy atom. The number of aromatic nitrogens is 2. The summed E-state index contributed by atoms with van der Waals surface area (Å²) in [5, 5.41) is 22.8. The van der Waals surface area contributed by atoms with E-state index in [9.17, 15) is 10.1 Å². The number of anilines is 2. The highest BCUT2D eigenvalue weighted by Crippen LogP contribution is 2.28. The van der Waals surface area contributed by atoms with Gasteiger partial charge in [0.1, 0.15) is 6.33 Å². The van der Waals surface area contributed by atoms with Crippen LogP contribution in [0.25, 0.3) is 0 Å². The van der Waals surface area contributed by atoms with Gasteiger partial charge in [-0.1, -0.05) is 13.8 Å². The van der Waals surface area contributed by atoms with Crippen molar-refractivity contribution in [3.63, 3.8) is 0 Å². The minimum absolute atomic E-state index is 0.00971. The number of nitrogen functional groups attached to an aromatic ring is 1. The van der Waals surface area contributed by atoms with Crippen LogP contribution in [0.15, 0.2) is 6.33 Å². The van der Waals surface area contributed by atoms with E-state index in [0.717, 1.165) is 0 Å². The second kappa shape index (κ2) is 6.10. The lowest BCUT2D eigenvalue weighted by Crippen LogP contribution is -2.28. The largest absolute Gasteiger partial charge is 0.396 e. The van der Waals surface area contributed by atoms with E-state index in [4.69, 9.17) is 10.8 Å². The van der Waals surface area contributed by atoms with Crippen LogP contribution in [0.5, 0.6) is 0 Å². The molecular weight excluding hydrogens is 238 g/mol. The number of aliphatic hydroxyl groups is 1. The summed E-state index contributed by atoms with van der Waals surface area (Å²) < 4.78 is 0. The van der Waals surface area contributed by atoms with Gasteiger partial charge >= 0.3 is 5.69 Å². The van der Waals surface area contributed by atoms with Crippen molar-refractivity contribution in [2.75, 3.05) is 17.7 Å². The highest BCUT2D eigenvalue weighted by atomic mass is 16.6. The van der Waals surface area contributed by atoms with E-state index < -0.39 is 4.92 Å². The van der Waals surface area contributed by atoms with Crippen molar-refractivity contribution in [1.29, 1.82) is 0 Å². The van der Waals surface area contributed by atoms with Gasteiger partial charge in [-0.15, -0.1) is 0 Å². The molecule has 1 rings (SSSR count). The van der Waals surface area contributed by atoms with Gasteiger partial charge in [0.15, 0.2) is 0 Å². The van der Waals surface area contributed by atoms with Gasteiger partial charge in [-0.25, -0.2) is 9.97 Å². The van der Waals surface area contributed by atoms with E-state index >= 15 is 0 Å². The minimum Gasteiger partial charge on any atom is -0.396 e. The van der Waals surface area contributed by atoms with Gasteiger partial charge in [-0.3, -0.25) is 10.1 Å². The van der Waals surface area contributed by atoms with Crippen molar-refractivity contribution < 1.29 is 10.0 Å². The molecule has 0 aliphatic rings. The van der Waals surface area contributed by atoms with E-state index in [-0.39, 0.29) is 35.9 Å². The SMILES string of the molecule is CC(C)C(CCO)Nc1ncnc(N)c1[N+](=O)[O-]. The number of hydrogen-bond donors (Lipinski definition) is 3. The third-order valence-corrected chi connectivity index (χ3v) is 2.60. The highest BCUT2D eigenvalue weighted by Gasteiger charge is 2.24. The summed E-state index contributed by atoms with van der Waals surface area (Å²) in [6, 6.07) is -0.122. The summed E-state index contributed by atoms with van der Waals surface area (Å²) in [5.74, 6) is 0.0941. The van der Waals surface area contributed by atoms with E-state index in [1.54, 1.807) is 0 Å². The van der Waals surface area contributed by atoms with Crippen molar-refractivity contribution in [3.8, 4) is 0 Å². The van der Waals surface area contributed by atoms with Gasteiger partial charge in [0.2, 0.25) is 11.6 Å². The van der Waals surface area contributed by atoms with Gasteiger partial charge in [0.05, 0.1) is 4.92 Å². The molecule has 8 heteroatoms. The maximum absolute atomic E-state index is 10.9. The van der Waals surface area contributed by atoms with Gasteiger partial charge in [-0.05, 0) is 12.3 Å². The Hall–Kier alpha value is -1.96. The summed E-state index contributed by atoms with van der Waals surface area (Å²) in [6.07, 6.45) is 1.64. The molecule has 1 unspecified atom stereocenters. The molecule has 0 saturated carbocycles. The Labute approximate surface area is 104 Å². The second-order valence-electron chi connectivity index (χ2n) is 4.22. The lowest BCUT2D eigenvalue weighted by Gasteiger charge is -2.21. The van der Waals surface area contributed by atoms with E-state index in [1.165, 1.54) is 6.33 Å². The Morgan fingerprint density at radius 3 is 2.72 bits per heavy atom. The average Bonchev–Trinajstić information content (AvgIpc) is 2.27. The highest BCUT2D eigenvalue weighted by molar-refractivity contribution is 5.67. The molecule has 0 bridgehead atoms. The molecule has 4 N–H and O–H groups in total. The van der Waals surface area contributed by atoms with Crippen molar-refractivity contribution in [1.82, 2.24) is 9.97 Å². The van der Waals surface area contributed by atoms with Crippen molar-refractivity contribution in [2.45, 2.75) is 26.3 Å². The third-order valence-electron chi connectivity index (χ3n) is 2.60. The number of nitrogens with one attached hydrogen (secondary N) is 1. The summed E-state index contributed by atoms with van der Waals surface area (Å²) in [5.41, 5.74) is 5.13. The molecule has 1 aromatic heterocycles. The van der Waals surface area contributed by atoms with Gasteiger partial charge in [0.25, 0.3) is 0 Å². The first-order valence-electron chi connectivity index (χ1n) is 5.59. The predicted octanol–water partition coefficient (Wildman–Crippen LogP) is 0.786. The van der Waals surface area contributed by atoms with Crippen LogP contribution in [0.4, 0.5) is 17.3 Å². The Morgan fingerprint density at radius 1 is 1.56 bits per heavy atom. The third kappa shape index (κ3) is 3.27. The fraction of sp³-hybridized carbons (Fsp3) is 0.600. The average molecular weight is 255 g/mol. The molecule has 0 fully saturated rings. The lowest BCUT2D eigenvalue weighted by molar-refractivity contribution is -0.383. The first kappa shape index (κ1) is 14.1. The molecule has 1 aromatic rings. The maximum atomic E-state index is 10.9. The Bertz CT molecular complexity index is 424. The summed E-state index contributed by atoms with van der Waals surface area (Å²) in [7, 11) is 0. The smallest absolute Gasteiger partial charge is 0.352 e. The molecule has 1 atom stereocenters. The number of nitrogens with zero attached hydrogens (tertiary/aromatic N) is 3. The molecule has 0 radical (unpaired) electrons. The number of hydrogen-bond acceptors (Lipinski definition) is 7. The number of aliphatic hydroxyl groups excluding tert-OH is 1. The van der Waals surface area contributed by atoms with Gasteiger partial charge in [-0.2, -0.15) is 0 Å². The zero-order valence-electron chi connectivity index (χ0n) is 10.3. The molecule has 100 valence electrons. The Balaban J connectivity index is 3.02. The van der Waals surface area contributed by atoms with Crippen molar-refractivity contribution >= 4 is 17.3 Å². The van der Waals surface area contributed by atoms with Crippen molar-refractivity contribution in [3.05, 3.63) is 16.4 Å². The normalized spacial score (nSPS) is 12.4. The first-order chi connectivity index (χ1) is 8.47. The standard InChI is InChI=1S/C10H17N5O3/c1-6(2)7(3-4-16)14-10-8(15(17)18)9(11)12-5-13-10/h5-7,16H,3-4H2,1-2H3,(H3,11,12,13,14). The molecule has 0 aliphatic heterocycles. The molecule has 1 heterocycles.